The number of hydrogen-bond acceptors (Lipinski definition) is 4. The average molecular weight is 373 g/mol. The third-order valence-corrected chi connectivity index (χ3v) is 4.91. The number of phenols is 1. The van der Waals surface area contributed by atoms with Gasteiger partial charge in [0.15, 0.2) is 11.6 Å². The molecule has 0 aliphatic rings. The number of rotatable bonds is 4. The number of nitrogens with two attached hydrogens (primary N) is 1. The number of phenolic OH excluding ortho intramolecular Hbond substituents is 1. The van der Waals surface area contributed by atoms with Crippen molar-refractivity contribution in [3.05, 3.63) is 75.7 Å². The zero-order chi connectivity index (χ0) is 19.0. The molecule has 4 nitrogen and oxygen atoms in total. The zero-order valence-corrected chi connectivity index (χ0v) is 14.4. The molecule has 0 aliphatic heterocycles. The van der Waals surface area contributed by atoms with Gasteiger partial charge < -0.3 is 10.8 Å². The van der Waals surface area contributed by atoms with E-state index in [9.17, 15) is 23.5 Å². The fraction of sp³-hybridized carbons (Fsp3) is 0.0526. The van der Waals surface area contributed by atoms with Crippen molar-refractivity contribution < 1.29 is 23.5 Å². The summed E-state index contributed by atoms with van der Waals surface area (Å²) in [5.41, 5.74) is 6.30. The second kappa shape index (κ2) is 6.68. The van der Waals surface area contributed by atoms with Crippen molar-refractivity contribution in [1.29, 1.82) is 0 Å². The largest absolute Gasteiger partial charge is 0.505 e. The Balaban J connectivity index is 2.03. The highest BCUT2D eigenvalue weighted by atomic mass is 32.1. The number of thiophene rings is 1. The van der Waals surface area contributed by atoms with E-state index >= 15 is 0 Å². The van der Waals surface area contributed by atoms with Crippen LogP contribution in [0, 0.1) is 18.6 Å². The van der Waals surface area contributed by atoms with E-state index in [1.54, 1.807) is 25.1 Å². The molecule has 0 spiro atoms. The molecule has 0 atom stereocenters. The van der Waals surface area contributed by atoms with E-state index in [2.05, 4.69) is 0 Å². The Hall–Kier alpha value is -3.06. The number of carbonyl (C=O) groups excluding carboxylic acids is 2. The van der Waals surface area contributed by atoms with E-state index < -0.39 is 34.6 Å². The Kier molecular flexibility index (Phi) is 4.56. The van der Waals surface area contributed by atoms with Gasteiger partial charge in [-0.1, -0.05) is 6.07 Å². The van der Waals surface area contributed by atoms with Gasteiger partial charge in [0.2, 0.25) is 11.7 Å². The van der Waals surface area contributed by atoms with Crippen molar-refractivity contribution >= 4 is 23.0 Å². The molecule has 3 rings (SSSR count). The molecule has 0 radical (unpaired) electrons. The van der Waals surface area contributed by atoms with E-state index in [1.165, 1.54) is 6.07 Å². The van der Waals surface area contributed by atoms with Crippen LogP contribution in [0.15, 0.2) is 42.5 Å². The summed E-state index contributed by atoms with van der Waals surface area (Å²) in [5, 5.41) is 9.38. The third-order valence-electron chi connectivity index (χ3n) is 3.77. The van der Waals surface area contributed by atoms with E-state index in [-0.39, 0.29) is 4.88 Å². The van der Waals surface area contributed by atoms with Crippen molar-refractivity contribution in [3.8, 4) is 16.2 Å². The summed E-state index contributed by atoms with van der Waals surface area (Å²) < 4.78 is 27.8. The fourth-order valence-electron chi connectivity index (χ4n) is 2.56. The van der Waals surface area contributed by atoms with E-state index in [1.807, 2.05) is 6.07 Å². The molecular weight excluding hydrogens is 360 g/mol. The number of aromatic hydroxyl groups is 1. The molecule has 1 amide bonds. The Bertz CT molecular complexity index is 1040. The summed E-state index contributed by atoms with van der Waals surface area (Å²) in [6.45, 7) is 1.80. The third kappa shape index (κ3) is 3.21. The number of amides is 1. The van der Waals surface area contributed by atoms with Crippen molar-refractivity contribution in [3.63, 3.8) is 0 Å². The molecule has 0 saturated heterocycles. The van der Waals surface area contributed by atoms with Crippen molar-refractivity contribution in [2.75, 3.05) is 0 Å². The number of carbonyl (C=O) groups is 2. The number of benzene rings is 2. The minimum absolute atomic E-state index is 0.102. The number of aryl methyl sites for hydroxylation is 1. The van der Waals surface area contributed by atoms with Gasteiger partial charge in [-0.15, -0.1) is 11.3 Å². The SMILES string of the molecule is Cc1cc(C(N)=O)cc(-c2ccc(C(=O)c3c(F)ccc(O)c3F)s2)c1. The molecular formula is C19H13F2NO3S. The van der Waals surface area contributed by atoms with Crippen LogP contribution in [0.1, 0.15) is 31.2 Å². The van der Waals surface area contributed by atoms with Gasteiger partial charge in [-0.2, -0.15) is 0 Å². The predicted octanol–water partition coefficient (Wildman–Crippen LogP) is 4.04. The van der Waals surface area contributed by atoms with Crippen LogP contribution in [0.5, 0.6) is 5.75 Å². The van der Waals surface area contributed by atoms with Crippen molar-refractivity contribution in [2.24, 2.45) is 5.73 Å². The van der Waals surface area contributed by atoms with Crippen LogP contribution >= 0.6 is 11.3 Å². The molecule has 7 heteroatoms. The monoisotopic (exact) mass is 373 g/mol. The van der Waals surface area contributed by atoms with E-state index in [0.717, 1.165) is 29.0 Å². The highest BCUT2D eigenvalue weighted by Crippen LogP contribution is 2.32. The first-order chi connectivity index (χ1) is 12.3. The van der Waals surface area contributed by atoms with Gasteiger partial charge in [-0.25, -0.2) is 8.78 Å². The van der Waals surface area contributed by atoms with Crippen LogP contribution in [-0.2, 0) is 0 Å². The summed E-state index contributed by atoms with van der Waals surface area (Å²) in [6, 6.07) is 9.78. The van der Waals surface area contributed by atoms with Gasteiger partial charge >= 0.3 is 0 Å². The fourth-order valence-corrected chi connectivity index (χ4v) is 3.50. The van der Waals surface area contributed by atoms with Crippen LogP contribution in [0.4, 0.5) is 8.78 Å². The molecule has 0 saturated carbocycles. The maximum atomic E-state index is 14.0. The normalized spacial score (nSPS) is 10.7. The zero-order valence-electron chi connectivity index (χ0n) is 13.5. The van der Waals surface area contributed by atoms with Gasteiger partial charge in [-0.3, -0.25) is 9.59 Å². The quantitative estimate of drug-likeness (QED) is 0.678. The highest BCUT2D eigenvalue weighted by molar-refractivity contribution is 7.17. The summed E-state index contributed by atoms with van der Waals surface area (Å²) in [5.74, 6) is -4.58. The molecule has 0 bridgehead atoms. The minimum Gasteiger partial charge on any atom is -0.505 e. The van der Waals surface area contributed by atoms with Crippen LogP contribution in [0.25, 0.3) is 10.4 Å². The molecule has 0 fully saturated rings. The first-order valence-corrected chi connectivity index (χ1v) is 8.33. The summed E-state index contributed by atoms with van der Waals surface area (Å²) in [4.78, 5) is 24.6. The lowest BCUT2D eigenvalue weighted by Crippen LogP contribution is -2.11. The van der Waals surface area contributed by atoms with Gasteiger partial charge in [0, 0.05) is 10.4 Å². The molecule has 0 aliphatic carbocycles. The minimum atomic E-state index is -1.29. The highest BCUT2D eigenvalue weighted by Gasteiger charge is 2.23. The Morgan fingerprint density at radius 2 is 1.81 bits per heavy atom. The summed E-state index contributed by atoms with van der Waals surface area (Å²) >= 11 is 1.02. The van der Waals surface area contributed by atoms with Crippen LogP contribution in [0.2, 0.25) is 0 Å². The lowest BCUT2D eigenvalue weighted by atomic mass is 10.0. The number of ketones is 1. The smallest absolute Gasteiger partial charge is 0.248 e. The van der Waals surface area contributed by atoms with Crippen molar-refractivity contribution in [1.82, 2.24) is 0 Å². The number of hydrogen-bond donors (Lipinski definition) is 2. The van der Waals surface area contributed by atoms with Gasteiger partial charge in [-0.05, 0) is 54.4 Å². The van der Waals surface area contributed by atoms with Gasteiger partial charge in [0.25, 0.3) is 0 Å². The number of halogens is 2. The number of primary amides is 1. The lowest BCUT2D eigenvalue weighted by molar-refractivity contribution is 0.0998. The first kappa shape index (κ1) is 17.8. The molecule has 26 heavy (non-hydrogen) atoms. The average Bonchev–Trinajstić information content (AvgIpc) is 3.08. The van der Waals surface area contributed by atoms with Crippen LogP contribution in [0.3, 0.4) is 0 Å². The van der Waals surface area contributed by atoms with E-state index in [4.69, 9.17) is 5.73 Å². The predicted molar refractivity (Wildman–Crippen MR) is 94.5 cm³/mol. The molecule has 2 aromatic carbocycles. The standard InChI is InChI=1S/C19H13F2NO3S/c1-9-6-10(8-11(7-9)19(22)25)14-4-5-15(26-14)18(24)16-12(20)2-3-13(23)17(16)21/h2-8,23H,1H3,(H2,22,25). The topological polar surface area (TPSA) is 80.4 Å². The summed E-state index contributed by atoms with van der Waals surface area (Å²) in [7, 11) is 0. The van der Waals surface area contributed by atoms with Gasteiger partial charge in [0.1, 0.15) is 5.82 Å². The second-order valence-electron chi connectivity index (χ2n) is 5.70. The lowest BCUT2D eigenvalue weighted by Gasteiger charge is -2.05. The molecule has 3 aromatic rings. The molecule has 1 heterocycles. The maximum absolute atomic E-state index is 14.0. The Morgan fingerprint density at radius 3 is 2.50 bits per heavy atom. The first-order valence-electron chi connectivity index (χ1n) is 7.51. The Morgan fingerprint density at radius 1 is 1.08 bits per heavy atom. The molecule has 0 unspecified atom stereocenters. The maximum Gasteiger partial charge on any atom is 0.248 e. The van der Waals surface area contributed by atoms with Crippen molar-refractivity contribution in [2.45, 2.75) is 6.92 Å². The molecule has 132 valence electrons. The van der Waals surface area contributed by atoms with Crippen LogP contribution < -0.4 is 5.73 Å². The summed E-state index contributed by atoms with van der Waals surface area (Å²) in [6.07, 6.45) is 0. The molecule has 1 aromatic heterocycles. The van der Waals surface area contributed by atoms with Crippen LogP contribution in [-0.4, -0.2) is 16.8 Å². The Labute approximate surface area is 151 Å². The second-order valence-corrected chi connectivity index (χ2v) is 6.78. The van der Waals surface area contributed by atoms with E-state index in [0.29, 0.717) is 16.0 Å². The van der Waals surface area contributed by atoms with Gasteiger partial charge in [0.05, 0.1) is 10.4 Å². The molecule has 3 N–H and O–H groups in total.